The number of nitrogen functional groups attached to an aromatic ring is 1. The second-order valence-corrected chi connectivity index (χ2v) is 7.62. The molecular weight excluding hydrogens is 480 g/mol. The van der Waals surface area contributed by atoms with Crippen LogP contribution in [0.4, 0.5) is 20.4 Å². The van der Waals surface area contributed by atoms with E-state index < -0.39 is 29.3 Å². The second-order valence-electron chi connectivity index (χ2n) is 7.22. The van der Waals surface area contributed by atoms with E-state index in [4.69, 9.17) is 22.1 Å². The van der Waals surface area contributed by atoms with Crippen molar-refractivity contribution in [3.63, 3.8) is 0 Å². The van der Waals surface area contributed by atoms with Gasteiger partial charge in [-0.1, -0.05) is 35.9 Å². The number of aromatic nitrogens is 3. The van der Waals surface area contributed by atoms with E-state index in [-0.39, 0.29) is 40.0 Å². The Morgan fingerprint density at radius 3 is 2.54 bits per heavy atom. The number of amides is 1. The normalized spacial score (nSPS) is 10.7. The van der Waals surface area contributed by atoms with E-state index in [1.165, 1.54) is 28.9 Å². The highest BCUT2D eigenvalue weighted by molar-refractivity contribution is 6.34. The highest BCUT2D eigenvalue weighted by Crippen LogP contribution is 2.28. The fourth-order valence-electron chi connectivity index (χ4n) is 3.25. The first-order chi connectivity index (χ1) is 16.8. The first-order valence-corrected chi connectivity index (χ1v) is 10.7. The van der Waals surface area contributed by atoms with Gasteiger partial charge >= 0.3 is 5.97 Å². The van der Waals surface area contributed by atoms with Crippen molar-refractivity contribution in [3.05, 3.63) is 88.6 Å². The zero-order valence-electron chi connectivity index (χ0n) is 18.3. The maximum atomic E-state index is 14.3. The molecule has 0 unspecified atom stereocenters. The summed E-state index contributed by atoms with van der Waals surface area (Å²) >= 11 is 6.24. The molecule has 2 heterocycles. The number of esters is 1. The fourth-order valence-corrected chi connectivity index (χ4v) is 3.46. The van der Waals surface area contributed by atoms with Crippen LogP contribution in [0, 0.1) is 11.6 Å². The third-order valence-electron chi connectivity index (χ3n) is 4.88. The predicted octanol–water partition coefficient (Wildman–Crippen LogP) is 4.88. The summed E-state index contributed by atoms with van der Waals surface area (Å²) in [4.78, 5) is 29.1. The summed E-state index contributed by atoms with van der Waals surface area (Å²) < 4.78 is 34.2. The molecule has 2 aromatic heterocycles. The Kier molecular flexibility index (Phi) is 6.74. The van der Waals surface area contributed by atoms with Crippen LogP contribution in [0.5, 0.6) is 0 Å². The van der Waals surface area contributed by atoms with Crippen LogP contribution >= 0.6 is 11.6 Å². The van der Waals surface area contributed by atoms with E-state index in [2.05, 4.69) is 15.4 Å². The number of halogens is 3. The Bertz CT molecular complexity index is 1430. The third-order valence-corrected chi connectivity index (χ3v) is 5.21. The molecule has 2 aromatic carbocycles. The van der Waals surface area contributed by atoms with Gasteiger partial charge in [-0.2, -0.15) is 5.10 Å². The van der Waals surface area contributed by atoms with Crippen LogP contribution in [0.25, 0.3) is 16.9 Å². The number of hydrogen-bond acceptors (Lipinski definition) is 6. The minimum atomic E-state index is -0.996. The minimum Gasteiger partial charge on any atom is -0.461 e. The fraction of sp³-hybridized carbons (Fsp3) is 0.0833. The molecule has 3 N–H and O–H groups in total. The standard InChI is InChI=1S/C24H18ClF2N5O3/c1-2-35-24(34)19-12-20(32(31-19)14-6-4-3-5-7-14)29-23(33)15-10-13(8-9-16(15)25)21-17(26)11-18(27)22(28)30-21/h3-12H,2H2,1H3,(H2,28,30)(H,29,33). The van der Waals surface area contributed by atoms with Crippen molar-refractivity contribution in [1.29, 1.82) is 0 Å². The topological polar surface area (TPSA) is 112 Å². The summed E-state index contributed by atoms with van der Waals surface area (Å²) in [6.07, 6.45) is 0. The van der Waals surface area contributed by atoms with E-state index in [1.807, 2.05) is 0 Å². The smallest absolute Gasteiger partial charge is 0.358 e. The molecule has 0 saturated carbocycles. The second kappa shape index (κ2) is 9.90. The summed E-state index contributed by atoms with van der Waals surface area (Å²) in [7, 11) is 0. The molecule has 8 nitrogen and oxygen atoms in total. The summed E-state index contributed by atoms with van der Waals surface area (Å²) in [5, 5.41) is 6.98. The highest BCUT2D eigenvalue weighted by atomic mass is 35.5. The summed E-state index contributed by atoms with van der Waals surface area (Å²) in [5.41, 5.74) is 5.93. The van der Waals surface area contributed by atoms with Crippen molar-refractivity contribution in [1.82, 2.24) is 14.8 Å². The van der Waals surface area contributed by atoms with Crippen LogP contribution in [0.2, 0.25) is 5.02 Å². The number of benzene rings is 2. The molecule has 0 atom stereocenters. The minimum absolute atomic E-state index is 0.0149. The molecule has 4 rings (SSSR count). The Labute approximate surface area is 203 Å². The van der Waals surface area contributed by atoms with Crippen LogP contribution in [0.15, 0.2) is 60.7 Å². The van der Waals surface area contributed by atoms with Gasteiger partial charge in [-0.05, 0) is 31.2 Å². The predicted molar refractivity (Wildman–Crippen MR) is 126 cm³/mol. The van der Waals surface area contributed by atoms with Gasteiger partial charge in [-0.3, -0.25) is 4.79 Å². The quantitative estimate of drug-likeness (QED) is 0.367. The number of nitrogens with two attached hydrogens (primary N) is 1. The SMILES string of the molecule is CCOC(=O)c1cc(NC(=O)c2cc(-c3nc(N)c(F)cc3F)ccc2Cl)n(-c2ccccc2)n1. The Morgan fingerprint density at radius 2 is 1.83 bits per heavy atom. The van der Waals surface area contributed by atoms with E-state index in [0.717, 1.165) is 0 Å². The van der Waals surface area contributed by atoms with Gasteiger partial charge in [0.15, 0.2) is 23.1 Å². The molecule has 0 saturated heterocycles. The number of nitrogens with one attached hydrogen (secondary N) is 1. The molecule has 0 aliphatic rings. The zero-order valence-corrected chi connectivity index (χ0v) is 19.0. The lowest BCUT2D eigenvalue weighted by atomic mass is 10.1. The van der Waals surface area contributed by atoms with Crippen molar-refractivity contribution < 1.29 is 23.1 Å². The number of carbonyl (C=O) groups is 2. The van der Waals surface area contributed by atoms with Crippen molar-refractivity contribution in [3.8, 4) is 16.9 Å². The number of nitrogens with zero attached hydrogens (tertiary/aromatic N) is 3. The first kappa shape index (κ1) is 23.8. The van der Waals surface area contributed by atoms with Gasteiger partial charge < -0.3 is 15.8 Å². The first-order valence-electron chi connectivity index (χ1n) is 10.3. The van der Waals surface area contributed by atoms with E-state index >= 15 is 0 Å². The Hall–Kier alpha value is -4.31. The average molecular weight is 498 g/mol. The van der Waals surface area contributed by atoms with Gasteiger partial charge in [0.25, 0.3) is 5.91 Å². The molecule has 0 radical (unpaired) electrons. The van der Waals surface area contributed by atoms with E-state index in [1.54, 1.807) is 37.3 Å². The van der Waals surface area contributed by atoms with Crippen molar-refractivity contribution in [2.24, 2.45) is 0 Å². The lowest BCUT2D eigenvalue weighted by Gasteiger charge is -2.11. The molecule has 11 heteroatoms. The monoisotopic (exact) mass is 497 g/mol. The largest absolute Gasteiger partial charge is 0.461 e. The lowest BCUT2D eigenvalue weighted by Crippen LogP contribution is -2.16. The molecular formula is C24H18ClF2N5O3. The summed E-state index contributed by atoms with van der Waals surface area (Å²) in [6, 6.07) is 14.9. The average Bonchev–Trinajstić information content (AvgIpc) is 3.26. The van der Waals surface area contributed by atoms with Crippen molar-refractivity contribution >= 4 is 35.1 Å². The molecule has 0 aliphatic heterocycles. The maximum absolute atomic E-state index is 14.3. The molecule has 4 aromatic rings. The molecule has 0 fully saturated rings. The number of rotatable bonds is 6. The number of hydrogen-bond donors (Lipinski definition) is 2. The molecule has 0 bridgehead atoms. The highest BCUT2D eigenvalue weighted by Gasteiger charge is 2.21. The van der Waals surface area contributed by atoms with Gasteiger partial charge in [-0.15, -0.1) is 0 Å². The van der Waals surface area contributed by atoms with Crippen LogP contribution in [-0.2, 0) is 4.74 Å². The van der Waals surface area contributed by atoms with Gasteiger partial charge in [0.2, 0.25) is 0 Å². The Morgan fingerprint density at radius 1 is 1.09 bits per heavy atom. The van der Waals surface area contributed by atoms with Crippen molar-refractivity contribution in [2.45, 2.75) is 6.92 Å². The zero-order chi connectivity index (χ0) is 25.1. The number of anilines is 2. The number of carbonyl (C=O) groups excluding carboxylic acids is 2. The van der Waals surface area contributed by atoms with Gasteiger partial charge in [-0.25, -0.2) is 23.2 Å². The van der Waals surface area contributed by atoms with Gasteiger partial charge in [0.05, 0.1) is 22.9 Å². The maximum Gasteiger partial charge on any atom is 0.358 e. The molecule has 1 amide bonds. The summed E-state index contributed by atoms with van der Waals surface area (Å²) in [5.74, 6) is -3.59. The lowest BCUT2D eigenvalue weighted by molar-refractivity contribution is 0.0518. The molecule has 0 aliphatic carbocycles. The van der Waals surface area contributed by atoms with Crippen LogP contribution in [-0.4, -0.2) is 33.2 Å². The molecule has 0 spiro atoms. The van der Waals surface area contributed by atoms with E-state index in [9.17, 15) is 18.4 Å². The number of pyridine rings is 1. The molecule has 178 valence electrons. The number of ether oxygens (including phenoxy) is 1. The van der Waals surface area contributed by atoms with Crippen LogP contribution < -0.4 is 11.1 Å². The van der Waals surface area contributed by atoms with Gasteiger partial charge in [0.1, 0.15) is 11.5 Å². The van der Waals surface area contributed by atoms with Gasteiger partial charge in [0, 0.05) is 17.7 Å². The van der Waals surface area contributed by atoms with Crippen molar-refractivity contribution in [2.75, 3.05) is 17.7 Å². The Balaban J connectivity index is 1.72. The van der Waals surface area contributed by atoms with Crippen LogP contribution in [0.1, 0.15) is 27.8 Å². The van der Waals surface area contributed by atoms with Crippen LogP contribution in [0.3, 0.4) is 0 Å². The third kappa shape index (κ3) is 4.97. The molecule has 35 heavy (non-hydrogen) atoms. The summed E-state index contributed by atoms with van der Waals surface area (Å²) in [6.45, 7) is 1.82. The van der Waals surface area contributed by atoms with E-state index in [0.29, 0.717) is 11.8 Å². The number of para-hydroxylation sites is 1.